The third-order valence-corrected chi connectivity index (χ3v) is 2.56. The number of carbonyl (C=O) groups is 1. The number of carbonyl (C=O) groups excluding carboxylic acids is 1. The molecular weight excluding hydrogens is 206 g/mol. The maximum absolute atomic E-state index is 11.5. The van der Waals surface area contributed by atoms with Crippen molar-refractivity contribution in [3.63, 3.8) is 0 Å². The first-order valence-corrected chi connectivity index (χ1v) is 4.96. The van der Waals surface area contributed by atoms with Gasteiger partial charge in [0.25, 0.3) is 5.91 Å². The standard InChI is InChI=1S/C8H11NO4S/c1-5-6(14(11)12)4-13-7(5)8(10)9(2)3/h4H,1-3H3,(H,11,12). The molecule has 1 rings (SSSR count). The summed E-state index contributed by atoms with van der Waals surface area (Å²) in [5.74, 6) is -0.216. The van der Waals surface area contributed by atoms with Gasteiger partial charge in [0.05, 0.1) is 0 Å². The molecule has 0 radical (unpaired) electrons. The van der Waals surface area contributed by atoms with E-state index < -0.39 is 11.1 Å². The van der Waals surface area contributed by atoms with Crippen LogP contribution in [0.4, 0.5) is 0 Å². The molecule has 0 bridgehead atoms. The molecule has 0 aliphatic rings. The average Bonchev–Trinajstić information content (AvgIpc) is 2.45. The Morgan fingerprint density at radius 3 is 2.50 bits per heavy atom. The Kier molecular flexibility index (Phi) is 3.07. The van der Waals surface area contributed by atoms with Crippen LogP contribution in [0, 0.1) is 6.92 Å². The molecule has 1 aromatic heterocycles. The monoisotopic (exact) mass is 217 g/mol. The second kappa shape index (κ2) is 3.93. The number of amides is 1. The van der Waals surface area contributed by atoms with E-state index in [0.717, 1.165) is 6.26 Å². The Balaban J connectivity index is 3.13. The number of furan rings is 1. The highest BCUT2D eigenvalue weighted by molar-refractivity contribution is 7.79. The summed E-state index contributed by atoms with van der Waals surface area (Å²) in [6.07, 6.45) is 1.13. The van der Waals surface area contributed by atoms with Crippen LogP contribution in [-0.4, -0.2) is 33.7 Å². The van der Waals surface area contributed by atoms with Crippen LogP contribution >= 0.6 is 0 Å². The molecule has 0 aliphatic carbocycles. The van der Waals surface area contributed by atoms with Crippen LogP contribution in [0.5, 0.6) is 0 Å². The van der Waals surface area contributed by atoms with Gasteiger partial charge in [-0.2, -0.15) is 0 Å². The van der Waals surface area contributed by atoms with Crippen molar-refractivity contribution < 1.29 is 18.0 Å². The van der Waals surface area contributed by atoms with Crippen LogP contribution in [0.1, 0.15) is 16.1 Å². The molecule has 1 atom stereocenters. The van der Waals surface area contributed by atoms with Crippen LogP contribution in [0.3, 0.4) is 0 Å². The summed E-state index contributed by atoms with van der Waals surface area (Å²) >= 11 is -2.11. The highest BCUT2D eigenvalue weighted by atomic mass is 32.2. The second-order valence-corrected chi connectivity index (χ2v) is 3.94. The van der Waals surface area contributed by atoms with Crippen molar-refractivity contribution in [2.75, 3.05) is 14.1 Å². The molecule has 1 aromatic rings. The quantitative estimate of drug-likeness (QED) is 0.746. The van der Waals surface area contributed by atoms with E-state index in [1.54, 1.807) is 21.0 Å². The largest absolute Gasteiger partial charge is 0.457 e. The van der Waals surface area contributed by atoms with Gasteiger partial charge in [0, 0.05) is 19.7 Å². The maximum atomic E-state index is 11.5. The fourth-order valence-corrected chi connectivity index (χ4v) is 1.47. The first-order chi connectivity index (χ1) is 6.45. The van der Waals surface area contributed by atoms with Gasteiger partial charge in [0.1, 0.15) is 11.2 Å². The van der Waals surface area contributed by atoms with Crippen molar-refractivity contribution in [2.45, 2.75) is 11.8 Å². The van der Waals surface area contributed by atoms with Gasteiger partial charge in [-0.25, -0.2) is 4.21 Å². The molecule has 78 valence electrons. The highest BCUT2D eigenvalue weighted by Crippen LogP contribution is 2.19. The molecule has 14 heavy (non-hydrogen) atoms. The minimum Gasteiger partial charge on any atom is -0.457 e. The lowest BCUT2D eigenvalue weighted by Crippen LogP contribution is -2.21. The molecule has 0 aliphatic heterocycles. The summed E-state index contributed by atoms with van der Waals surface area (Å²) in [5, 5.41) is 0. The number of nitrogens with zero attached hydrogens (tertiary/aromatic N) is 1. The summed E-state index contributed by atoms with van der Waals surface area (Å²) < 4.78 is 24.5. The van der Waals surface area contributed by atoms with Gasteiger partial charge in [-0.3, -0.25) is 4.79 Å². The van der Waals surface area contributed by atoms with Crippen molar-refractivity contribution in [3.05, 3.63) is 17.6 Å². The SMILES string of the molecule is Cc1c(S(=O)O)coc1C(=O)N(C)C. The van der Waals surface area contributed by atoms with E-state index in [1.807, 2.05) is 0 Å². The van der Waals surface area contributed by atoms with E-state index in [-0.39, 0.29) is 16.6 Å². The molecule has 1 heterocycles. The molecule has 1 unspecified atom stereocenters. The molecular formula is C8H11NO4S. The molecule has 1 amide bonds. The first kappa shape index (κ1) is 10.9. The first-order valence-electron chi connectivity index (χ1n) is 3.85. The zero-order valence-corrected chi connectivity index (χ0v) is 8.92. The summed E-state index contributed by atoms with van der Waals surface area (Å²) in [7, 11) is 3.17. The zero-order chi connectivity index (χ0) is 10.9. The van der Waals surface area contributed by atoms with Crippen LogP contribution in [0.15, 0.2) is 15.6 Å². The summed E-state index contributed by atoms with van der Waals surface area (Å²) in [5.41, 5.74) is 0.407. The average molecular weight is 217 g/mol. The summed E-state index contributed by atoms with van der Waals surface area (Å²) in [6, 6.07) is 0. The minimum atomic E-state index is -2.11. The lowest BCUT2D eigenvalue weighted by Gasteiger charge is -2.07. The Bertz CT molecular complexity index is 383. The third-order valence-electron chi connectivity index (χ3n) is 1.78. The predicted molar refractivity (Wildman–Crippen MR) is 50.5 cm³/mol. The van der Waals surface area contributed by atoms with Gasteiger partial charge in [-0.15, -0.1) is 0 Å². The van der Waals surface area contributed by atoms with Crippen LogP contribution in [0.2, 0.25) is 0 Å². The number of hydrogen-bond donors (Lipinski definition) is 1. The third kappa shape index (κ3) is 1.85. The molecule has 0 saturated heterocycles. The Morgan fingerprint density at radius 2 is 2.14 bits per heavy atom. The summed E-state index contributed by atoms with van der Waals surface area (Å²) in [4.78, 5) is 12.9. The predicted octanol–water partition coefficient (Wildman–Crippen LogP) is 0.870. The maximum Gasteiger partial charge on any atom is 0.289 e. The van der Waals surface area contributed by atoms with Crippen LogP contribution in [-0.2, 0) is 11.1 Å². The van der Waals surface area contributed by atoms with Gasteiger partial charge < -0.3 is 13.9 Å². The van der Waals surface area contributed by atoms with Crippen LogP contribution < -0.4 is 0 Å². The lowest BCUT2D eigenvalue weighted by molar-refractivity contribution is 0.0795. The second-order valence-electron chi connectivity index (χ2n) is 3.00. The molecule has 0 fully saturated rings. The Labute approximate surface area is 84.0 Å². The smallest absolute Gasteiger partial charge is 0.289 e. The fourth-order valence-electron chi connectivity index (χ4n) is 0.987. The van der Waals surface area contributed by atoms with Gasteiger partial charge in [0.2, 0.25) is 0 Å². The van der Waals surface area contributed by atoms with E-state index in [1.165, 1.54) is 4.90 Å². The van der Waals surface area contributed by atoms with Crippen molar-refractivity contribution in [3.8, 4) is 0 Å². The fraction of sp³-hybridized carbons (Fsp3) is 0.375. The van der Waals surface area contributed by atoms with Gasteiger partial charge in [-0.1, -0.05) is 0 Å². The van der Waals surface area contributed by atoms with E-state index in [0.29, 0.717) is 5.56 Å². The van der Waals surface area contributed by atoms with E-state index in [9.17, 15) is 9.00 Å². The normalized spacial score (nSPS) is 12.6. The van der Waals surface area contributed by atoms with E-state index >= 15 is 0 Å². The van der Waals surface area contributed by atoms with Gasteiger partial charge in [0.15, 0.2) is 16.8 Å². The van der Waals surface area contributed by atoms with E-state index in [4.69, 9.17) is 8.97 Å². The molecule has 6 heteroatoms. The summed E-state index contributed by atoms with van der Waals surface area (Å²) in [6.45, 7) is 1.57. The molecule has 0 spiro atoms. The van der Waals surface area contributed by atoms with Crippen molar-refractivity contribution in [2.24, 2.45) is 0 Å². The molecule has 5 nitrogen and oxygen atoms in total. The zero-order valence-electron chi connectivity index (χ0n) is 8.10. The Morgan fingerprint density at radius 1 is 1.57 bits per heavy atom. The van der Waals surface area contributed by atoms with Crippen molar-refractivity contribution in [1.29, 1.82) is 0 Å². The Hall–Kier alpha value is -1.14. The molecule has 0 aromatic carbocycles. The number of rotatable bonds is 2. The number of hydrogen-bond acceptors (Lipinski definition) is 3. The van der Waals surface area contributed by atoms with E-state index in [2.05, 4.69) is 0 Å². The van der Waals surface area contributed by atoms with Crippen molar-refractivity contribution >= 4 is 17.0 Å². The molecule has 0 saturated carbocycles. The van der Waals surface area contributed by atoms with Gasteiger partial charge >= 0.3 is 0 Å². The topological polar surface area (TPSA) is 70.7 Å². The lowest BCUT2D eigenvalue weighted by atomic mass is 10.2. The van der Waals surface area contributed by atoms with Crippen LogP contribution in [0.25, 0.3) is 0 Å². The van der Waals surface area contributed by atoms with Crippen molar-refractivity contribution in [1.82, 2.24) is 4.90 Å². The molecule has 1 N–H and O–H groups in total. The minimum absolute atomic E-state index is 0.104. The highest BCUT2D eigenvalue weighted by Gasteiger charge is 2.20. The van der Waals surface area contributed by atoms with Gasteiger partial charge in [-0.05, 0) is 6.92 Å².